The zero-order valence-corrected chi connectivity index (χ0v) is 13.1. The fourth-order valence-electron chi connectivity index (χ4n) is 2.98. The largest absolute Gasteiger partial charge is 0.364 e. The van der Waals surface area contributed by atoms with E-state index in [1.807, 2.05) is 0 Å². The fraction of sp³-hybridized carbons (Fsp3) is 0.786. The van der Waals surface area contributed by atoms with Crippen LogP contribution in [0.3, 0.4) is 0 Å². The van der Waals surface area contributed by atoms with Gasteiger partial charge in [-0.15, -0.1) is 0 Å². The van der Waals surface area contributed by atoms with Gasteiger partial charge in [0.1, 0.15) is 5.69 Å². The molecule has 2 rings (SSSR count). The van der Waals surface area contributed by atoms with E-state index in [2.05, 4.69) is 22.2 Å². The second-order valence-electron chi connectivity index (χ2n) is 6.01. The maximum atomic E-state index is 11.1. The van der Waals surface area contributed by atoms with Crippen molar-refractivity contribution in [2.24, 2.45) is 13.0 Å². The third-order valence-corrected chi connectivity index (χ3v) is 4.01. The number of nitro groups is 1. The van der Waals surface area contributed by atoms with Gasteiger partial charge in [-0.2, -0.15) is 5.10 Å². The highest BCUT2D eigenvalue weighted by Crippen LogP contribution is 2.27. The van der Waals surface area contributed by atoms with E-state index in [0.717, 1.165) is 13.1 Å². The molecule has 1 saturated heterocycles. The number of nitrogens with zero attached hydrogens (tertiary/aromatic N) is 4. The molecule has 1 aromatic heterocycles. The minimum Gasteiger partial charge on any atom is -0.364 e. The van der Waals surface area contributed by atoms with Gasteiger partial charge in [0.15, 0.2) is 0 Å². The summed E-state index contributed by atoms with van der Waals surface area (Å²) in [6.45, 7) is 7.95. The number of aromatic nitrogens is 2. The van der Waals surface area contributed by atoms with Gasteiger partial charge in [-0.1, -0.05) is 13.3 Å². The van der Waals surface area contributed by atoms with Crippen molar-refractivity contribution in [1.29, 1.82) is 0 Å². The van der Waals surface area contributed by atoms with Gasteiger partial charge in [-0.3, -0.25) is 10.1 Å². The Morgan fingerprint density at radius 1 is 1.38 bits per heavy atom. The first-order valence-corrected chi connectivity index (χ1v) is 7.63. The van der Waals surface area contributed by atoms with Crippen LogP contribution in [0, 0.1) is 23.0 Å². The Labute approximate surface area is 125 Å². The Bertz CT molecular complexity index is 494. The maximum absolute atomic E-state index is 11.1. The molecular weight excluding hydrogens is 270 g/mol. The van der Waals surface area contributed by atoms with Gasteiger partial charge >= 0.3 is 5.69 Å². The van der Waals surface area contributed by atoms with Crippen LogP contribution >= 0.6 is 0 Å². The molecule has 2 heterocycles. The van der Waals surface area contributed by atoms with Crippen LogP contribution in [0.4, 0.5) is 11.5 Å². The van der Waals surface area contributed by atoms with Crippen molar-refractivity contribution >= 4 is 11.5 Å². The Hall–Kier alpha value is -1.63. The quantitative estimate of drug-likeness (QED) is 0.643. The van der Waals surface area contributed by atoms with E-state index in [4.69, 9.17) is 0 Å². The minimum atomic E-state index is -0.361. The summed E-state index contributed by atoms with van der Waals surface area (Å²) in [6.07, 6.45) is 3.91. The number of anilines is 1. The Balaban J connectivity index is 1.91. The summed E-state index contributed by atoms with van der Waals surface area (Å²) < 4.78 is 1.56. The number of nitrogens with one attached hydrogen (secondary N) is 1. The van der Waals surface area contributed by atoms with E-state index in [1.54, 1.807) is 18.7 Å². The molecule has 0 saturated carbocycles. The van der Waals surface area contributed by atoms with Gasteiger partial charge in [-0.05, 0) is 38.8 Å². The molecule has 118 valence electrons. The first-order valence-electron chi connectivity index (χ1n) is 7.63. The molecule has 0 bridgehead atoms. The van der Waals surface area contributed by atoms with Crippen molar-refractivity contribution in [2.45, 2.75) is 33.1 Å². The zero-order valence-electron chi connectivity index (χ0n) is 13.1. The predicted molar refractivity (Wildman–Crippen MR) is 82.5 cm³/mol. The number of rotatable bonds is 6. The average molecular weight is 295 g/mol. The summed E-state index contributed by atoms with van der Waals surface area (Å²) in [5, 5.41) is 18.5. The first-order chi connectivity index (χ1) is 9.99. The molecule has 1 fully saturated rings. The topological polar surface area (TPSA) is 76.2 Å². The van der Waals surface area contributed by atoms with Crippen LogP contribution in [0.1, 0.15) is 31.9 Å². The summed E-state index contributed by atoms with van der Waals surface area (Å²) in [6, 6.07) is 0. The van der Waals surface area contributed by atoms with E-state index in [9.17, 15) is 10.1 Å². The van der Waals surface area contributed by atoms with E-state index < -0.39 is 0 Å². The molecule has 1 atom stereocenters. The molecule has 1 N–H and O–H groups in total. The van der Waals surface area contributed by atoms with Crippen LogP contribution in [-0.2, 0) is 7.05 Å². The number of hydrogen-bond donors (Lipinski definition) is 1. The normalized spacial score (nSPS) is 17.7. The molecule has 7 heteroatoms. The molecule has 1 unspecified atom stereocenters. The number of aryl methyl sites for hydroxylation is 2. The van der Waals surface area contributed by atoms with Crippen LogP contribution < -0.4 is 5.32 Å². The average Bonchev–Trinajstić information content (AvgIpc) is 2.72. The van der Waals surface area contributed by atoms with Gasteiger partial charge in [0.2, 0.25) is 5.82 Å². The summed E-state index contributed by atoms with van der Waals surface area (Å²) in [7, 11) is 1.73. The Kier molecular flexibility index (Phi) is 5.17. The van der Waals surface area contributed by atoms with Crippen molar-refractivity contribution in [3.63, 3.8) is 0 Å². The van der Waals surface area contributed by atoms with E-state index >= 15 is 0 Å². The second-order valence-corrected chi connectivity index (χ2v) is 6.01. The van der Waals surface area contributed by atoms with Crippen LogP contribution in [0.2, 0.25) is 0 Å². The molecule has 7 nitrogen and oxygen atoms in total. The van der Waals surface area contributed by atoms with Gasteiger partial charge in [0.25, 0.3) is 0 Å². The lowest BCUT2D eigenvalue weighted by atomic mass is 10.1. The van der Waals surface area contributed by atoms with E-state index in [-0.39, 0.29) is 10.6 Å². The standard InChI is InChI=1S/C14H25N5O2/c1-11(10-18-7-5-4-6-8-18)9-15-14-13(19(20)21)12(2)16-17(14)3/h11,15H,4-10H2,1-3H3. The number of hydrogen-bond acceptors (Lipinski definition) is 5. The number of piperidine rings is 1. The van der Waals surface area contributed by atoms with Crippen LogP contribution in [0.25, 0.3) is 0 Å². The van der Waals surface area contributed by atoms with Gasteiger partial charge in [-0.25, -0.2) is 4.68 Å². The maximum Gasteiger partial charge on any atom is 0.333 e. The van der Waals surface area contributed by atoms with Gasteiger partial charge in [0.05, 0.1) is 4.92 Å². The third-order valence-electron chi connectivity index (χ3n) is 4.01. The van der Waals surface area contributed by atoms with Crippen molar-refractivity contribution in [1.82, 2.24) is 14.7 Å². The van der Waals surface area contributed by atoms with Crippen LogP contribution in [0.5, 0.6) is 0 Å². The summed E-state index contributed by atoms with van der Waals surface area (Å²) >= 11 is 0. The summed E-state index contributed by atoms with van der Waals surface area (Å²) in [5.74, 6) is 0.945. The lowest BCUT2D eigenvalue weighted by molar-refractivity contribution is -0.384. The highest BCUT2D eigenvalue weighted by molar-refractivity contribution is 5.59. The first kappa shape index (κ1) is 15.8. The van der Waals surface area contributed by atoms with Crippen molar-refractivity contribution in [3.05, 3.63) is 15.8 Å². The van der Waals surface area contributed by atoms with Gasteiger partial charge < -0.3 is 10.2 Å². The molecule has 0 spiro atoms. The SMILES string of the molecule is Cc1nn(C)c(NCC(C)CN2CCCCC2)c1[N+](=O)[O-]. The van der Waals surface area contributed by atoms with Crippen LogP contribution in [-0.4, -0.2) is 45.8 Å². The lowest BCUT2D eigenvalue weighted by Gasteiger charge is -2.29. The smallest absolute Gasteiger partial charge is 0.333 e. The second kappa shape index (κ2) is 6.89. The van der Waals surface area contributed by atoms with Crippen molar-refractivity contribution in [2.75, 3.05) is 31.5 Å². The van der Waals surface area contributed by atoms with Crippen molar-refractivity contribution in [3.8, 4) is 0 Å². The number of likely N-dealkylation sites (tertiary alicyclic amines) is 1. The van der Waals surface area contributed by atoms with E-state index in [1.165, 1.54) is 32.4 Å². The monoisotopic (exact) mass is 295 g/mol. The molecule has 0 radical (unpaired) electrons. The third kappa shape index (κ3) is 3.93. The van der Waals surface area contributed by atoms with Crippen molar-refractivity contribution < 1.29 is 4.92 Å². The molecule has 21 heavy (non-hydrogen) atoms. The molecule has 0 aromatic carbocycles. The molecule has 0 amide bonds. The fourth-order valence-corrected chi connectivity index (χ4v) is 2.98. The molecule has 0 aliphatic carbocycles. The Morgan fingerprint density at radius 2 is 2.05 bits per heavy atom. The molecular formula is C14H25N5O2. The highest BCUT2D eigenvalue weighted by atomic mass is 16.6. The summed E-state index contributed by atoms with van der Waals surface area (Å²) in [5.41, 5.74) is 0.538. The molecule has 1 aliphatic rings. The lowest BCUT2D eigenvalue weighted by Crippen LogP contribution is -2.35. The van der Waals surface area contributed by atoms with Gasteiger partial charge in [0, 0.05) is 20.1 Å². The molecule has 1 aliphatic heterocycles. The minimum absolute atomic E-state index is 0.0858. The Morgan fingerprint density at radius 3 is 2.67 bits per heavy atom. The predicted octanol–water partition coefficient (Wildman–Crippen LogP) is 2.17. The summed E-state index contributed by atoms with van der Waals surface area (Å²) in [4.78, 5) is 13.2. The zero-order chi connectivity index (χ0) is 15.4. The van der Waals surface area contributed by atoms with E-state index in [0.29, 0.717) is 17.4 Å². The highest BCUT2D eigenvalue weighted by Gasteiger charge is 2.24. The van der Waals surface area contributed by atoms with Crippen LogP contribution in [0.15, 0.2) is 0 Å². The molecule has 1 aromatic rings.